The first-order chi connectivity index (χ1) is 9.88. The van der Waals surface area contributed by atoms with Gasteiger partial charge in [0.25, 0.3) is 0 Å². The van der Waals surface area contributed by atoms with Gasteiger partial charge in [-0.3, -0.25) is 4.79 Å². The molecule has 0 aliphatic carbocycles. The zero-order valence-corrected chi connectivity index (χ0v) is 15.1. The minimum absolute atomic E-state index is 0. The molecule has 1 amide bonds. The zero-order valence-electron chi connectivity index (χ0n) is 11.3. The predicted molar refractivity (Wildman–Crippen MR) is 76.7 cm³/mol. The van der Waals surface area contributed by atoms with Crippen molar-refractivity contribution in [2.24, 2.45) is 0 Å². The summed E-state index contributed by atoms with van der Waals surface area (Å²) in [6.07, 6.45) is -0.167. The standard InChI is InChI=1S/C13H15F3N2OS2.Au/c14-9-5-8(6-10(15)12(9)16)7-11(19)17-1-3-18(4-2-17)13(20)21;/h5-6,13,20-21H,1-4,7H2;/p-2. The number of halogens is 3. The molecule has 9 heteroatoms. The Labute approximate surface area is 153 Å². The molecule has 1 heterocycles. The molecule has 3 nitrogen and oxygen atoms in total. The summed E-state index contributed by atoms with van der Waals surface area (Å²) in [6, 6.07) is 1.68. The third-order valence-electron chi connectivity index (χ3n) is 3.36. The van der Waals surface area contributed by atoms with Crippen molar-refractivity contribution in [3.05, 3.63) is 35.1 Å². The molecule has 22 heavy (non-hydrogen) atoms. The van der Waals surface area contributed by atoms with Crippen LogP contribution in [0.15, 0.2) is 12.1 Å². The molecule has 1 saturated heterocycles. The van der Waals surface area contributed by atoms with E-state index in [1.807, 2.05) is 4.90 Å². The number of hydrogen-bond acceptors (Lipinski definition) is 4. The fourth-order valence-electron chi connectivity index (χ4n) is 2.18. The Morgan fingerprint density at radius 1 is 1.09 bits per heavy atom. The Bertz CT molecular complexity index is 517. The summed E-state index contributed by atoms with van der Waals surface area (Å²) in [7, 11) is 0. The average Bonchev–Trinajstić information content (AvgIpc) is 2.44. The van der Waals surface area contributed by atoms with Gasteiger partial charge >= 0.3 is 0 Å². The Balaban J connectivity index is 0.00000242. The van der Waals surface area contributed by atoms with Gasteiger partial charge in [-0.05, 0) is 17.7 Å². The number of nitrogens with zero attached hydrogens (tertiary/aromatic N) is 2. The van der Waals surface area contributed by atoms with E-state index in [9.17, 15) is 18.0 Å². The monoisotopic (exact) mass is 531 g/mol. The zero-order chi connectivity index (χ0) is 15.6. The first kappa shape index (κ1) is 19.9. The van der Waals surface area contributed by atoms with Crippen LogP contribution in [0.5, 0.6) is 0 Å². The molecule has 1 aromatic rings. The van der Waals surface area contributed by atoms with Gasteiger partial charge in [0.2, 0.25) is 5.91 Å². The largest absolute Gasteiger partial charge is 0.800 e. The number of hydrogen-bond donors (Lipinski definition) is 0. The smallest absolute Gasteiger partial charge is 0.227 e. The molecular weight excluding hydrogens is 518 g/mol. The summed E-state index contributed by atoms with van der Waals surface area (Å²) in [4.78, 5) is 15.5. The second kappa shape index (κ2) is 8.65. The van der Waals surface area contributed by atoms with Crippen molar-refractivity contribution in [3.63, 3.8) is 0 Å². The van der Waals surface area contributed by atoms with E-state index in [1.165, 1.54) is 0 Å². The molecule has 0 unspecified atom stereocenters. The molecule has 0 spiro atoms. The van der Waals surface area contributed by atoms with E-state index in [1.54, 1.807) is 4.90 Å². The van der Waals surface area contributed by atoms with E-state index < -0.39 is 22.2 Å². The molecule has 1 radical (unpaired) electrons. The molecule has 0 atom stereocenters. The molecule has 1 fully saturated rings. The minimum Gasteiger partial charge on any atom is -0.800 e. The van der Waals surface area contributed by atoms with E-state index in [0.29, 0.717) is 26.2 Å². The summed E-state index contributed by atoms with van der Waals surface area (Å²) in [6.45, 7) is 2.09. The summed E-state index contributed by atoms with van der Waals surface area (Å²) in [5.41, 5.74) is 0.114. The van der Waals surface area contributed by atoms with E-state index in [4.69, 9.17) is 25.3 Å². The SMILES string of the molecule is O=C(Cc1cc(F)c(F)c(F)c1)N1CCN(C([S-])[S-])CC1.[Au]. The third kappa shape index (κ3) is 4.94. The molecule has 0 saturated carbocycles. The summed E-state index contributed by atoms with van der Waals surface area (Å²) < 4.78 is 38.7. The Hall–Kier alpha value is -0.120. The van der Waals surface area contributed by atoms with Crippen molar-refractivity contribution in [3.8, 4) is 0 Å². The molecule has 1 aliphatic rings. The number of carbonyl (C=O) groups excluding carboxylic acids is 1. The normalized spacial score (nSPS) is 15.8. The molecule has 2 rings (SSSR count). The maximum atomic E-state index is 13.1. The number of carbonyl (C=O) groups is 1. The quantitative estimate of drug-likeness (QED) is 0.332. The van der Waals surface area contributed by atoms with Crippen LogP contribution in [0.25, 0.3) is 0 Å². The third-order valence-corrected chi connectivity index (χ3v) is 3.96. The van der Waals surface area contributed by atoms with E-state index in [-0.39, 0.29) is 40.3 Å². The van der Waals surface area contributed by atoms with Gasteiger partial charge in [0.15, 0.2) is 17.5 Å². The minimum atomic E-state index is -1.53. The van der Waals surface area contributed by atoms with Crippen LogP contribution in [0.4, 0.5) is 13.2 Å². The number of amides is 1. The van der Waals surface area contributed by atoms with Gasteiger partial charge in [-0.1, -0.05) is 0 Å². The van der Waals surface area contributed by atoms with Crippen molar-refractivity contribution in [2.45, 2.75) is 11.1 Å². The van der Waals surface area contributed by atoms with Crippen molar-refractivity contribution in [1.29, 1.82) is 0 Å². The predicted octanol–water partition coefficient (Wildman–Crippen LogP) is 1.17. The molecule has 1 aliphatic heterocycles. The van der Waals surface area contributed by atoms with Crippen molar-refractivity contribution in [2.75, 3.05) is 26.2 Å². The van der Waals surface area contributed by atoms with Crippen LogP contribution < -0.4 is 0 Å². The van der Waals surface area contributed by atoms with Gasteiger partial charge in [0, 0.05) is 48.6 Å². The van der Waals surface area contributed by atoms with Gasteiger partial charge in [-0.15, -0.1) is 0 Å². The van der Waals surface area contributed by atoms with Gasteiger partial charge in [0.1, 0.15) is 0 Å². The van der Waals surface area contributed by atoms with Crippen molar-refractivity contribution >= 4 is 31.2 Å². The van der Waals surface area contributed by atoms with Crippen LogP contribution >= 0.6 is 0 Å². The molecule has 1 aromatic carbocycles. The van der Waals surface area contributed by atoms with Gasteiger partial charge in [-0.2, -0.15) is 0 Å². The number of piperazine rings is 1. The van der Waals surface area contributed by atoms with Crippen LogP contribution in [0.2, 0.25) is 0 Å². The maximum absolute atomic E-state index is 13.1. The fourth-order valence-corrected chi connectivity index (χ4v) is 2.60. The fraction of sp³-hybridized carbons (Fsp3) is 0.462. The Kier molecular flexibility index (Phi) is 7.84. The second-order valence-electron chi connectivity index (χ2n) is 4.77. The van der Waals surface area contributed by atoms with Crippen LogP contribution in [0, 0.1) is 17.5 Å². The van der Waals surface area contributed by atoms with Crippen LogP contribution in [0.1, 0.15) is 5.56 Å². The molecule has 0 bridgehead atoms. The first-order valence-electron chi connectivity index (χ1n) is 6.35. The number of rotatable bonds is 3. The molecule has 0 N–H and O–H groups in total. The summed E-state index contributed by atoms with van der Waals surface area (Å²) in [5.74, 6) is -4.36. The van der Waals surface area contributed by atoms with Gasteiger partial charge in [-0.25, -0.2) is 17.9 Å². The molecule has 127 valence electrons. The average molecular weight is 531 g/mol. The van der Waals surface area contributed by atoms with Crippen LogP contribution in [-0.2, 0) is 58.9 Å². The molecular formula is C13H13AuF3N2OS2-2. The first-order valence-corrected chi connectivity index (χ1v) is 7.29. The van der Waals surface area contributed by atoms with Crippen molar-refractivity contribution < 1.29 is 40.3 Å². The van der Waals surface area contributed by atoms with E-state index >= 15 is 0 Å². The van der Waals surface area contributed by atoms with Crippen LogP contribution in [0.3, 0.4) is 0 Å². The number of benzene rings is 1. The van der Waals surface area contributed by atoms with Crippen LogP contribution in [-0.4, -0.2) is 46.6 Å². The summed E-state index contributed by atoms with van der Waals surface area (Å²) in [5, 5.41) is 0. The Morgan fingerprint density at radius 2 is 1.59 bits per heavy atom. The maximum Gasteiger partial charge on any atom is 0.227 e. The summed E-state index contributed by atoms with van der Waals surface area (Å²) >= 11 is 9.93. The van der Waals surface area contributed by atoms with Crippen molar-refractivity contribution in [1.82, 2.24) is 9.80 Å². The van der Waals surface area contributed by atoms with E-state index in [0.717, 1.165) is 12.1 Å². The van der Waals surface area contributed by atoms with Gasteiger partial charge in [0.05, 0.1) is 6.42 Å². The topological polar surface area (TPSA) is 23.6 Å². The second-order valence-corrected chi connectivity index (χ2v) is 5.97. The Morgan fingerprint density at radius 3 is 2.05 bits per heavy atom. The van der Waals surface area contributed by atoms with Gasteiger partial charge < -0.3 is 35.1 Å². The molecule has 0 aromatic heterocycles. The van der Waals surface area contributed by atoms with E-state index in [2.05, 4.69) is 0 Å².